The number of halogens is 4. The minimum absolute atomic E-state index is 0.0732. The monoisotopic (exact) mass is 497 g/mol. The Morgan fingerprint density at radius 2 is 2.00 bits per heavy atom. The molecule has 0 aliphatic carbocycles. The number of nitrogens with one attached hydrogen (secondary N) is 2. The van der Waals surface area contributed by atoms with Gasteiger partial charge in [-0.2, -0.15) is 13.2 Å². The summed E-state index contributed by atoms with van der Waals surface area (Å²) in [6.45, 7) is 2.37. The molecular weight excluding hydrogens is 471 g/mol. The quantitative estimate of drug-likeness (QED) is 0.599. The van der Waals surface area contributed by atoms with Crippen LogP contribution in [0.2, 0.25) is 5.02 Å². The summed E-state index contributed by atoms with van der Waals surface area (Å²) in [6.07, 6.45) is 2.03. The Bertz CT molecular complexity index is 1000. The fraction of sp³-hybridized carbons (Fsp3) is 0.565. The van der Waals surface area contributed by atoms with Gasteiger partial charge in [0.2, 0.25) is 0 Å². The highest BCUT2D eigenvalue weighted by Gasteiger charge is 2.43. The third-order valence-corrected chi connectivity index (χ3v) is 6.66. The number of ketones is 1. The lowest BCUT2D eigenvalue weighted by Gasteiger charge is -2.30. The molecule has 0 aromatic carbocycles. The SMILES string of the molecule is O=C(Cc1cc(-c2cncc(NCC3CCOCC3)n2)c(Cl)cn1)[C@@H]1CNC[C@H](C(F)(F)F)C1. The number of hydrogen-bond donors (Lipinski definition) is 2. The van der Waals surface area contributed by atoms with E-state index in [1.54, 1.807) is 18.5 Å². The van der Waals surface area contributed by atoms with E-state index in [0.29, 0.717) is 33.7 Å². The van der Waals surface area contributed by atoms with Gasteiger partial charge in [-0.1, -0.05) is 11.6 Å². The van der Waals surface area contributed by atoms with Crippen molar-refractivity contribution in [2.24, 2.45) is 17.8 Å². The summed E-state index contributed by atoms with van der Waals surface area (Å²) in [5.41, 5.74) is 1.52. The van der Waals surface area contributed by atoms with Crippen molar-refractivity contribution in [1.29, 1.82) is 0 Å². The maximum Gasteiger partial charge on any atom is 0.393 e. The molecule has 2 fully saturated rings. The van der Waals surface area contributed by atoms with Gasteiger partial charge in [-0.3, -0.25) is 14.8 Å². The number of aromatic nitrogens is 3. The topological polar surface area (TPSA) is 89.0 Å². The normalized spacial score (nSPS) is 21.9. The number of carbonyl (C=O) groups excluding carboxylic acids is 1. The second-order valence-electron chi connectivity index (χ2n) is 8.85. The van der Waals surface area contributed by atoms with Crippen LogP contribution in [0.25, 0.3) is 11.3 Å². The van der Waals surface area contributed by atoms with Crippen LogP contribution in [-0.2, 0) is 16.0 Å². The molecule has 0 saturated carbocycles. The van der Waals surface area contributed by atoms with Crippen LogP contribution in [0.4, 0.5) is 19.0 Å². The van der Waals surface area contributed by atoms with Crippen LogP contribution in [-0.4, -0.2) is 59.8 Å². The molecule has 7 nitrogen and oxygen atoms in total. The number of piperidine rings is 1. The molecule has 2 aliphatic rings. The summed E-state index contributed by atoms with van der Waals surface area (Å²) in [4.78, 5) is 25.8. The van der Waals surface area contributed by atoms with E-state index in [1.807, 2.05) is 0 Å². The predicted molar refractivity (Wildman–Crippen MR) is 122 cm³/mol. The van der Waals surface area contributed by atoms with Crippen LogP contribution in [0.15, 0.2) is 24.7 Å². The Hall–Kier alpha value is -2.30. The van der Waals surface area contributed by atoms with Crippen molar-refractivity contribution in [2.45, 2.75) is 31.9 Å². The van der Waals surface area contributed by atoms with E-state index in [9.17, 15) is 18.0 Å². The number of Topliss-reactive ketones (excluding diaryl/α,β-unsaturated/α-hetero) is 1. The lowest BCUT2D eigenvalue weighted by Crippen LogP contribution is -2.45. The number of rotatable bonds is 7. The lowest BCUT2D eigenvalue weighted by atomic mass is 9.86. The zero-order valence-electron chi connectivity index (χ0n) is 18.6. The Labute approximate surface area is 200 Å². The second-order valence-corrected chi connectivity index (χ2v) is 9.26. The highest BCUT2D eigenvalue weighted by molar-refractivity contribution is 6.33. The summed E-state index contributed by atoms with van der Waals surface area (Å²) in [5, 5.41) is 6.39. The predicted octanol–water partition coefficient (Wildman–Crippen LogP) is 3.93. The van der Waals surface area contributed by atoms with Crippen molar-refractivity contribution in [3.05, 3.63) is 35.4 Å². The van der Waals surface area contributed by atoms with Gasteiger partial charge in [0.15, 0.2) is 0 Å². The largest absolute Gasteiger partial charge is 0.393 e. The van der Waals surface area contributed by atoms with Crippen LogP contribution in [0.5, 0.6) is 0 Å². The highest BCUT2D eigenvalue weighted by Crippen LogP contribution is 2.33. The van der Waals surface area contributed by atoms with Crippen molar-refractivity contribution in [2.75, 3.05) is 38.2 Å². The molecule has 34 heavy (non-hydrogen) atoms. The summed E-state index contributed by atoms with van der Waals surface area (Å²) in [5.74, 6) is -1.39. The van der Waals surface area contributed by atoms with Crippen LogP contribution < -0.4 is 10.6 Å². The Morgan fingerprint density at radius 1 is 1.21 bits per heavy atom. The Morgan fingerprint density at radius 3 is 2.76 bits per heavy atom. The molecule has 4 rings (SSSR count). The number of anilines is 1. The standard InChI is InChI=1S/C23H27ClF3N5O2/c24-19-11-30-17(7-21(33)15-5-16(10-28-9-15)23(25,26)27)6-18(19)20-12-29-13-22(32-20)31-8-14-1-3-34-4-2-14/h6,11-16,28H,1-5,7-10H2,(H,31,32)/t15-,16+/m0/s1. The molecule has 2 atom stereocenters. The van der Waals surface area contributed by atoms with Gasteiger partial charge in [0.1, 0.15) is 11.6 Å². The van der Waals surface area contributed by atoms with E-state index in [0.717, 1.165) is 32.6 Å². The van der Waals surface area contributed by atoms with E-state index in [-0.39, 0.29) is 31.7 Å². The third kappa shape index (κ3) is 6.43. The molecule has 2 aromatic rings. The molecule has 0 radical (unpaired) electrons. The zero-order valence-corrected chi connectivity index (χ0v) is 19.3. The van der Waals surface area contributed by atoms with Crippen LogP contribution >= 0.6 is 11.6 Å². The van der Waals surface area contributed by atoms with Gasteiger partial charge in [0.05, 0.1) is 29.0 Å². The van der Waals surface area contributed by atoms with Crippen molar-refractivity contribution in [3.8, 4) is 11.3 Å². The molecule has 2 saturated heterocycles. The maximum atomic E-state index is 13.1. The third-order valence-electron chi connectivity index (χ3n) is 6.36. The van der Waals surface area contributed by atoms with Crippen molar-refractivity contribution >= 4 is 23.2 Å². The smallest absolute Gasteiger partial charge is 0.381 e. The van der Waals surface area contributed by atoms with E-state index in [2.05, 4.69) is 25.6 Å². The first-order valence-electron chi connectivity index (χ1n) is 11.4. The number of pyridine rings is 1. The lowest BCUT2D eigenvalue weighted by molar-refractivity contribution is -0.182. The van der Waals surface area contributed by atoms with E-state index in [4.69, 9.17) is 16.3 Å². The number of ether oxygens (including phenoxy) is 1. The van der Waals surface area contributed by atoms with E-state index < -0.39 is 18.0 Å². The molecule has 0 spiro atoms. The van der Waals surface area contributed by atoms with Crippen molar-refractivity contribution in [1.82, 2.24) is 20.3 Å². The van der Waals surface area contributed by atoms with Gasteiger partial charge in [0, 0.05) is 62.6 Å². The van der Waals surface area contributed by atoms with Crippen molar-refractivity contribution < 1.29 is 22.7 Å². The maximum absolute atomic E-state index is 13.1. The molecule has 0 unspecified atom stereocenters. The highest BCUT2D eigenvalue weighted by atomic mass is 35.5. The first kappa shape index (κ1) is 24.8. The summed E-state index contributed by atoms with van der Waals surface area (Å²) < 4.78 is 44.6. The molecule has 0 bridgehead atoms. The molecule has 0 amide bonds. The fourth-order valence-electron chi connectivity index (χ4n) is 4.31. The first-order valence-corrected chi connectivity index (χ1v) is 11.8. The second kappa shape index (κ2) is 11.0. The molecule has 11 heteroatoms. The molecular formula is C23H27ClF3N5O2. The van der Waals surface area contributed by atoms with Gasteiger partial charge in [-0.05, 0) is 31.2 Å². The first-order chi connectivity index (χ1) is 16.3. The minimum atomic E-state index is -4.32. The fourth-order valence-corrected chi connectivity index (χ4v) is 4.51. The van der Waals surface area contributed by atoms with E-state index in [1.165, 1.54) is 6.20 Å². The number of carbonyl (C=O) groups is 1. The minimum Gasteiger partial charge on any atom is -0.381 e. The zero-order chi connectivity index (χ0) is 24.1. The summed E-state index contributed by atoms with van der Waals surface area (Å²) in [7, 11) is 0. The molecule has 184 valence electrons. The number of hydrogen-bond acceptors (Lipinski definition) is 7. The van der Waals surface area contributed by atoms with Gasteiger partial charge < -0.3 is 15.4 Å². The van der Waals surface area contributed by atoms with E-state index >= 15 is 0 Å². The van der Waals surface area contributed by atoms with Crippen LogP contribution in [0, 0.1) is 17.8 Å². The molecule has 2 aliphatic heterocycles. The van der Waals surface area contributed by atoms with Gasteiger partial charge in [-0.15, -0.1) is 0 Å². The van der Waals surface area contributed by atoms with Crippen molar-refractivity contribution in [3.63, 3.8) is 0 Å². The van der Waals surface area contributed by atoms with Crippen LogP contribution in [0.3, 0.4) is 0 Å². The number of alkyl halides is 3. The average molecular weight is 498 g/mol. The Kier molecular flexibility index (Phi) is 8.00. The molecule has 4 heterocycles. The van der Waals surface area contributed by atoms with Gasteiger partial charge in [0.25, 0.3) is 0 Å². The van der Waals surface area contributed by atoms with Gasteiger partial charge in [-0.25, -0.2) is 4.98 Å². The average Bonchev–Trinajstić information content (AvgIpc) is 2.84. The van der Waals surface area contributed by atoms with Gasteiger partial charge >= 0.3 is 6.18 Å². The summed E-state index contributed by atoms with van der Waals surface area (Å²) >= 11 is 6.35. The molecule has 2 N–H and O–H groups in total. The van der Waals surface area contributed by atoms with Crippen LogP contribution in [0.1, 0.15) is 25.0 Å². The molecule has 2 aromatic heterocycles. The summed E-state index contributed by atoms with van der Waals surface area (Å²) in [6, 6.07) is 1.66. The Balaban J connectivity index is 1.43. The number of nitrogens with zero attached hydrogens (tertiary/aromatic N) is 3.